The molecule has 4 nitrogen and oxygen atoms in total. The smallest absolute Gasteiger partial charge is 0.226 e. The van der Waals surface area contributed by atoms with Gasteiger partial charge in [0.05, 0.1) is 0 Å². The van der Waals surface area contributed by atoms with Gasteiger partial charge in [-0.2, -0.15) is 0 Å². The molecule has 1 aromatic rings. The Balaban J connectivity index is 1.14. The number of piperidine rings is 1. The second kappa shape index (κ2) is 7.61. The van der Waals surface area contributed by atoms with Gasteiger partial charge >= 0.3 is 0 Å². The van der Waals surface area contributed by atoms with Gasteiger partial charge in [0, 0.05) is 32.0 Å². The summed E-state index contributed by atoms with van der Waals surface area (Å²) in [5.74, 6) is 0.821. The summed E-state index contributed by atoms with van der Waals surface area (Å²) in [6.45, 7) is 2.04. The van der Waals surface area contributed by atoms with Gasteiger partial charge in [0.25, 0.3) is 0 Å². The van der Waals surface area contributed by atoms with Crippen molar-refractivity contribution in [2.75, 3.05) is 19.6 Å². The summed E-state index contributed by atoms with van der Waals surface area (Å²) in [5.41, 5.74) is 1.03. The van der Waals surface area contributed by atoms with Gasteiger partial charge in [-0.3, -0.25) is 9.59 Å². The highest BCUT2D eigenvalue weighted by Gasteiger charge is 2.61. The van der Waals surface area contributed by atoms with E-state index in [9.17, 15) is 14.0 Å². The van der Waals surface area contributed by atoms with E-state index in [1.807, 2.05) is 11.0 Å². The first-order valence-corrected chi connectivity index (χ1v) is 10.4. The van der Waals surface area contributed by atoms with Gasteiger partial charge in [0.1, 0.15) is 5.82 Å². The molecule has 1 atom stereocenters. The van der Waals surface area contributed by atoms with Crippen molar-refractivity contribution in [3.63, 3.8) is 0 Å². The summed E-state index contributed by atoms with van der Waals surface area (Å²) in [4.78, 5) is 26.8. The molecule has 1 N–H and O–H groups in total. The predicted molar refractivity (Wildman–Crippen MR) is 101 cm³/mol. The zero-order valence-electron chi connectivity index (χ0n) is 15.9. The molecular formula is C22H29FN2O2. The summed E-state index contributed by atoms with van der Waals surface area (Å²) in [7, 11) is 0. The molecule has 1 aliphatic heterocycles. The van der Waals surface area contributed by atoms with Gasteiger partial charge in [-0.1, -0.05) is 24.6 Å². The normalized spacial score (nSPS) is 23.7. The average molecular weight is 372 g/mol. The van der Waals surface area contributed by atoms with Crippen molar-refractivity contribution in [2.24, 2.45) is 17.3 Å². The zero-order chi connectivity index (χ0) is 18.9. The van der Waals surface area contributed by atoms with Crippen LogP contribution in [0.2, 0.25) is 0 Å². The van der Waals surface area contributed by atoms with Crippen LogP contribution in [0, 0.1) is 23.1 Å². The quantitative estimate of drug-likeness (QED) is 0.833. The largest absolute Gasteiger partial charge is 0.356 e. The number of benzene rings is 1. The number of carbonyl (C=O) groups is 2. The van der Waals surface area contributed by atoms with Crippen molar-refractivity contribution in [1.82, 2.24) is 10.2 Å². The van der Waals surface area contributed by atoms with Crippen LogP contribution in [0.3, 0.4) is 0 Å². The summed E-state index contributed by atoms with van der Waals surface area (Å²) >= 11 is 0. The Kier molecular flexibility index (Phi) is 5.20. The molecule has 146 valence electrons. The Labute approximate surface area is 160 Å². The van der Waals surface area contributed by atoms with Crippen LogP contribution >= 0.6 is 0 Å². The molecule has 0 aromatic heterocycles. The summed E-state index contributed by atoms with van der Waals surface area (Å²) < 4.78 is 13.6. The van der Waals surface area contributed by atoms with E-state index in [1.165, 1.54) is 25.3 Å². The van der Waals surface area contributed by atoms with E-state index in [0.29, 0.717) is 48.1 Å². The lowest BCUT2D eigenvalue weighted by Crippen LogP contribution is -2.41. The first kappa shape index (κ1) is 18.5. The number of rotatable bonds is 6. The lowest BCUT2D eigenvalue weighted by atomic mass is 9.79. The molecule has 1 heterocycles. The number of nitrogens with zero attached hydrogens (tertiary/aromatic N) is 1. The molecule has 2 aliphatic carbocycles. The molecule has 1 spiro atoms. The monoisotopic (exact) mass is 372 g/mol. The molecule has 1 saturated heterocycles. The van der Waals surface area contributed by atoms with Gasteiger partial charge in [0.2, 0.25) is 11.8 Å². The highest BCUT2D eigenvalue weighted by atomic mass is 19.1. The predicted octanol–water partition coefficient (Wildman–Crippen LogP) is 3.30. The third-order valence-corrected chi connectivity index (χ3v) is 6.91. The highest BCUT2D eigenvalue weighted by molar-refractivity contribution is 5.83. The number of amides is 2. The van der Waals surface area contributed by atoms with Crippen LogP contribution in [0.25, 0.3) is 0 Å². The highest BCUT2D eigenvalue weighted by Crippen LogP contribution is 2.66. The summed E-state index contributed by atoms with van der Waals surface area (Å²) in [6, 6.07) is 6.68. The van der Waals surface area contributed by atoms with E-state index in [4.69, 9.17) is 0 Å². The fourth-order valence-electron chi connectivity index (χ4n) is 4.83. The molecule has 3 aliphatic rings. The molecule has 2 saturated carbocycles. The third kappa shape index (κ3) is 4.02. The Morgan fingerprint density at radius 3 is 2.56 bits per heavy atom. The van der Waals surface area contributed by atoms with Crippen LogP contribution in [0.1, 0.15) is 50.5 Å². The Bertz CT molecular complexity index is 708. The van der Waals surface area contributed by atoms with Crippen molar-refractivity contribution in [3.05, 3.63) is 35.6 Å². The summed E-state index contributed by atoms with van der Waals surface area (Å²) in [6.07, 6.45) is 7.72. The Hall–Kier alpha value is -1.91. The minimum absolute atomic E-state index is 0.0340. The second-order valence-electron chi connectivity index (χ2n) is 8.64. The molecule has 1 aromatic carbocycles. The molecule has 0 radical (unpaired) electrons. The molecule has 3 fully saturated rings. The summed E-state index contributed by atoms with van der Waals surface area (Å²) in [5, 5.41) is 2.91. The Morgan fingerprint density at radius 1 is 1.19 bits per heavy atom. The number of nitrogens with one attached hydrogen (secondary N) is 1. The molecular weight excluding hydrogens is 343 g/mol. The molecule has 2 amide bonds. The fourth-order valence-corrected chi connectivity index (χ4v) is 4.83. The van der Waals surface area contributed by atoms with Crippen LogP contribution in [0.15, 0.2) is 24.3 Å². The third-order valence-electron chi connectivity index (χ3n) is 6.91. The fraction of sp³-hybridized carbons (Fsp3) is 0.636. The number of halogens is 1. The van der Waals surface area contributed by atoms with Crippen LogP contribution in [-0.4, -0.2) is 36.3 Å². The maximum Gasteiger partial charge on any atom is 0.226 e. The van der Waals surface area contributed by atoms with Gasteiger partial charge in [0.15, 0.2) is 0 Å². The topological polar surface area (TPSA) is 49.4 Å². The molecule has 5 heteroatoms. The SMILES string of the molecule is O=C(CC1CCN(C(=O)[C@@H]2CC23CCC3)CC1)NCCc1ccccc1F. The molecule has 0 unspecified atom stereocenters. The lowest BCUT2D eigenvalue weighted by Gasteiger charge is -2.34. The van der Waals surface area contributed by atoms with Crippen LogP contribution in [0.4, 0.5) is 4.39 Å². The van der Waals surface area contributed by atoms with E-state index in [0.717, 1.165) is 32.4 Å². The number of hydrogen-bond acceptors (Lipinski definition) is 2. The van der Waals surface area contributed by atoms with Crippen molar-refractivity contribution >= 4 is 11.8 Å². The number of hydrogen-bond donors (Lipinski definition) is 1. The van der Waals surface area contributed by atoms with E-state index in [2.05, 4.69) is 5.32 Å². The second-order valence-corrected chi connectivity index (χ2v) is 8.64. The molecule has 4 rings (SSSR count). The van der Waals surface area contributed by atoms with E-state index in [-0.39, 0.29) is 11.7 Å². The van der Waals surface area contributed by atoms with Crippen molar-refractivity contribution < 1.29 is 14.0 Å². The standard InChI is InChI=1S/C22H29FN2O2/c23-19-5-2-1-4-17(19)6-11-24-20(26)14-16-7-12-25(13-8-16)21(27)18-15-22(18)9-3-10-22/h1-2,4-5,16,18H,3,6-15H2,(H,24,26)/t18-/m0/s1. The van der Waals surface area contributed by atoms with E-state index in [1.54, 1.807) is 12.1 Å². The van der Waals surface area contributed by atoms with Crippen LogP contribution in [0.5, 0.6) is 0 Å². The van der Waals surface area contributed by atoms with Gasteiger partial charge < -0.3 is 10.2 Å². The first-order chi connectivity index (χ1) is 13.1. The van der Waals surface area contributed by atoms with Gasteiger partial charge in [-0.05, 0) is 61.5 Å². The minimum atomic E-state index is -0.219. The van der Waals surface area contributed by atoms with Gasteiger partial charge in [-0.15, -0.1) is 0 Å². The van der Waals surface area contributed by atoms with E-state index < -0.39 is 0 Å². The number of likely N-dealkylation sites (tertiary alicyclic amines) is 1. The lowest BCUT2D eigenvalue weighted by molar-refractivity contribution is -0.135. The van der Waals surface area contributed by atoms with Crippen molar-refractivity contribution in [2.45, 2.75) is 51.4 Å². The Morgan fingerprint density at radius 2 is 1.93 bits per heavy atom. The van der Waals surface area contributed by atoms with E-state index >= 15 is 0 Å². The first-order valence-electron chi connectivity index (χ1n) is 10.4. The van der Waals surface area contributed by atoms with Crippen LogP contribution in [-0.2, 0) is 16.0 Å². The van der Waals surface area contributed by atoms with Gasteiger partial charge in [-0.25, -0.2) is 4.39 Å². The van der Waals surface area contributed by atoms with Crippen LogP contribution < -0.4 is 5.32 Å². The average Bonchev–Trinajstić information content (AvgIpc) is 3.40. The van der Waals surface area contributed by atoms with Crippen molar-refractivity contribution in [1.29, 1.82) is 0 Å². The minimum Gasteiger partial charge on any atom is -0.356 e. The number of carbonyl (C=O) groups excluding carboxylic acids is 2. The maximum absolute atomic E-state index is 13.6. The molecule has 27 heavy (non-hydrogen) atoms. The maximum atomic E-state index is 13.6. The molecule has 0 bridgehead atoms. The zero-order valence-corrected chi connectivity index (χ0v) is 15.9. The van der Waals surface area contributed by atoms with Crippen molar-refractivity contribution in [3.8, 4) is 0 Å².